The highest BCUT2D eigenvalue weighted by Crippen LogP contribution is 2.18. The largest absolute Gasteiger partial charge is 0.477 e. The van der Waals surface area contributed by atoms with Gasteiger partial charge in [-0.05, 0) is 24.7 Å². The molecule has 0 amide bonds. The summed E-state index contributed by atoms with van der Waals surface area (Å²) in [5, 5.41) is 0.342. The normalized spacial score (nSPS) is 11.1. The summed E-state index contributed by atoms with van der Waals surface area (Å²) in [7, 11) is 0. The molecule has 108 valence electrons. The van der Waals surface area contributed by atoms with Crippen LogP contribution in [0.25, 0.3) is 0 Å². The Hall–Kier alpha value is -1.03. The van der Waals surface area contributed by atoms with Gasteiger partial charge in [0.05, 0.1) is 13.2 Å². The number of hydrogen-bond donors (Lipinski definition) is 0. The molecule has 0 aliphatic heterocycles. The molecule has 1 aromatic rings. The highest BCUT2D eigenvalue weighted by Gasteiger charge is 2.06. The van der Waals surface area contributed by atoms with Crippen LogP contribution < -0.4 is 9.47 Å². The molecule has 19 heavy (non-hydrogen) atoms. The first kappa shape index (κ1) is 16.0. The van der Waals surface area contributed by atoms with Gasteiger partial charge < -0.3 is 9.47 Å². The summed E-state index contributed by atoms with van der Waals surface area (Å²) < 4.78 is 11.0. The average Bonchev–Trinajstić information content (AvgIpc) is 2.27. The minimum atomic E-state index is 0.285. The number of hydrogen-bond acceptors (Lipinski definition) is 4. The molecule has 0 radical (unpaired) electrons. The fraction of sp³-hybridized carbons (Fsp3) is 0.714. The maximum atomic E-state index is 5.92. The molecule has 0 saturated carbocycles. The Morgan fingerprint density at radius 1 is 1.00 bits per heavy atom. The van der Waals surface area contributed by atoms with Gasteiger partial charge in [-0.15, -0.1) is 0 Å². The molecule has 4 nitrogen and oxygen atoms in total. The molecule has 0 aliphatic rings. The van der Waals surface area contributed by atoms with Crippen LogP contribution in [-0.4, -0.2) is 23.2 Å². The van der Waals surface area contributed by atoms with Crippen LogP contribution >= 0.6 is 11.6 Å². The third-order valence-electron chi connectivity index (χ3n) is 2.52. The molecule has 0 unspecified atom stereocenters. The summed E-state index contributed by atoms with van der Waals surface area (Å²) in [6, 6.07) is 1.89. The van der Waals surface area contributed by atoms with Crippen molar-refractivity contribution in [1.29, 1.82) is 0 Å². The number of nitrogens with zero attached hydrogens (tertiary/aromatic N) is 2. The first-order valence-corrected chi connectivity index (χ1v) is 7.15. The van der Waals surface area contributed by atoms with Gasteiger partial charge >= 0.3 is 6.01 Å². The highest BCUT2D eigenvalue weighted by molar-refractivity contribution is 6.29. The van der Waals surface area contributed by atoms with Crippen LogP contribution in [0.15, 0.2) is 6.07 Å². The van der Waals surface area contributed by atoms with E-state index in [4.69, 9.17) is 21.1 Å². The lowest BCUT2D eigenvalue weighted by molar-refractivity contribution is 0.249. The standard InChI is InChI=1S/C14H23ClN2O2/c1-10(2)5-7-18-13-9-12(15)16-14(17-13)19-8-6-11(3)4/h9-11H,5-8H2,1-4H3. The molecule has 5 heteroatoms. The minimum absolute atomic E-state index is 0.285. The zero-order chi connectivity index (χ0) is 14.3. The maximum Gasteiger partial charge on any atom is 0.321 e. The van der Waals surface area contributed by atoms with E-state index in [0.717, 1.165) is 12.8 Å². The smallest absolute Gasteiger partial charge is 0.321 e. The van der Waals surface area contributed by atoms with Crippen molar-refractivity contribution in [2.24, 2.45) is 11.8 Å². The van der Waals surface area contributed by atoms with Crippen molar-refractivity contribution in [3.8, 4) is 11.9 Å². The summed E-state index contributed by atoms with van der Waals surface area (Å²) in [5.74, 6) is 1.65. The van der Waals surface area contributed by atoms with Crippen molar-refractivity contribution in [1.82, 2.24) is 9.97 Å². The lowest BCUT2D eigenvalue weighted by atomic mass is 10.1. The Morgan fingerprint density at radius 2 is 1.58 bits per heavy atom. The van der Waals surface area contributed by atoms with Gasteiger partial charge in [-0.1, -0.05) is 39.3 Å². The molecule has 0 spiro atoms. The van der Waals surface area contributed by atoms with E-state index in [9.17, 15) is 0 Å². The molecule has 0 fully saturated rings. The minimum Gasteiger partial charge on any atom is -0.477 e. The second kappa shape index (κ2) is 8.20. The molecule has 0 bridgehead atoms. The van der Waals surface area contributed by atoms with Crippen LogP contribution in [0.2, 0.25) is 5.15 Å². The zero-order valence-electron chi connectivity index (χ0n) is 12.1. The van der Waals surface area contributed by atoms with Crippen LogP contribution in [0.1, 0.15) is 40.5 Å². The van der Waals surface area contributed by atoms with Gasteiger partial charge in [-0.25, -0.2) is 0 Å². The fourth-order valence-electron chi connectivity index (χ4n) is 1.30. The van der Waals surface area contributed by atoms with E-state index in [2.05, 4.69) is 37.7 Å². The highest BCUT2D eigenvalue weighted by atomic mass is 35.5. The lowest BCUT2D eigenvalue weighted by Gasteiger charge is -2.10. The number of halogens is 1. The van der Waals surface area contributed by atoms with Crippen molar-refractivity contribution in [2.45, 2.75) is 40.5 Å². The molecule has 0 aliphatic carbocycles. The first-order chi connectivity index (χ1) is 8.97. The molecule has 0 atom stereocenters. The van der Waals surface area contributed by atoms with Crippen molar-refractivity contribution < 1.29 is 9.47 Å². The molecule has 0 saturated heterocycles. The average molecular weight is 287 g/mol. The predicted molar refractivity (Wildman–Crippen MR) is 76.9 cm³/mol. The molecule has 0 aromatic carbocycles. The van der Waals surface area contributed by atoms with Gasteiger partial charge in [0.15, 0.2) is 0 Å². The molecule has 0 N–H and O–H groups in total. The Morgan fingerprint density at radius 3 is 2.16 bits per heavy atom. The first-order valence-electron chi connectivity index (χ1n) is 6.77. The van der Waals surface area contributed by atoms with E-state index in [-0.39, 0.29) is 6.01 Å². The molecule has 1 rings (SSSR count). The third-order valence-corrected chi connectivity index (χ3v) is 2.72. The van der Waals surface area contributed by atoms with Gasteiger partial charge in [-0.2, -0.15) is 9.97 Å². The van der Waals surface area contributed by atoms with E-state index >= 15 is 0 Å². The van der Waals surface area contributed by atoms with Gasteiger partial charge in [0.2, 0.25) is 5.88 Å². The van der Waals surface area contributed by atoms with E-state index < -0.39 is 0 Å². The molecule has 1 heterocycles. The summed E-state index contributed by atoms with van der Waals surface area (Å²) >= 11 is 5.92. The summed E-state index contributed by atoms with van der Waals surface area (Å²) in [4.78, 5) is 8.21. The predicted octanol–water partition coefficient (Wildman–Crippen LogP) is 3.98. The van der Waals surface area contributed by atoms with E-state index in [0.29, 0.717) is 36.1 Å². The zero-order valence-corrected chi connectivity index (χ0v) is 12.9. The Bertz CT molecular complexity index is 351. The van der Waals surface area contributed by atoms with Crippen LogP contribution in [0.3, 0.4) is 0 Å². The second-order valence-electron chi connectivity index (χ2n) is 5.37. The van der Waals surface area contributed by atoms with Gasteiger partial charge in [0.25, 0.3) is 0 Å². The quantitative estimate of drug-likeness (QED) is 0.678. The van der Waals surface area contributed by atoms with Crippen molar-refractivity contribution in [3.05, 3.63) is 11.2 Å². The summed E-state index contributed by atoms with van der Waals surface area (Å²) in [6.45, 7) is 9.79. The fourth-order valence-corrected chi connectivity index (χ4v) is 1.47. The lowest BCUT2D eigenvalue weighted by Crippen LogP contribution is -2.07. The SMILES string of the molecule is CC(C)CCOc1cc(Cl)nc(OCCC(C)C)n1. The Kier molecular flexibility index (Phi) is 6.92. The van der Waals surface area contributed by atoms with Crippen molar-refractivity contribution in [2.75, 3.05) is 13.2 Å². The third kappa shape index (κ3) is 7.21. The second-order valence-corrected chi connectivity index (χ2v) is 5.76. The number of aromatic nitrogens is 2. The van der Waals surface area contributed by atoms with E-state index in [1.54, 1.807) is 6.07 Å². The van der Waals surface area contributed by atoms with Gasteiger partial charge in [-0.3, -0.25) is 0 Å². The maximum absolute atomic E-state index is 5.92. The molecule has 1 aromatic heterocycles. The number of ether oxygens (including phenoxy) is 2. The summed E-state index contributed by atoms with van der Waals surface area (Å²) in [5.41, 5.74) is 0. The molecular formula is C14H23ClN2O2. The van der Waals surface area contributed by atoms with Crippen molar-refractivity contribution in [3.63, 3.8) is 0 Å². The molecular weight excluding hydrogens is 264 g/mol. The monoisotopic (exact) mass is 286 g/mol. The van der Waals surface area contributed by atoms with Gasteiger partial charge in [0, 0.05) is 6.07 Å². The Labute approximate surface area is 120 Å². The number of rotatable bonds is 8. The van der Waals surface area contributed by atoms with E-state index in [1.807, 2.05) is 0 Å². The van der Waals surface area contributed by atoms with Crippen LogP contribution in [-0.2, 0) is 0 Å². The van der Waals surface area contributed by atoms with Crippen molar-refractivity contribution >= 4 is 11.6 Å². The van der Waals surface area contributed by atoms with Crippen LogP contribution in [0.5, 0.6) is 11.9 Å². The Balaban J connectivity index is 2.51. The van der Waals surface area contributed by atoms with Crippen LogP contribution in [0, 0.1) is 11.8 Å². The van der Waals surface area contributed by atoms with Crippen LogP contribution in [0.4, 0.5) is 0 Å². The topological polar surface area (TPSA) is 44.2 Å². The summed E-state index contributed by atoms with van der Waals surface area (Å²) in [6.07, 6.45) is 1.94. The van der Waals surface area contributed by atoms with Gasteiger partial charge in [0.1, 0.15) is 5.15 Å². The van der Waals surface area contributed by atoms with E-state index in [1.165, 1.54) is 0 Å².